The van der Waals surface area contributed by atoms with Crippen molar-refractivity contribution in [3.8, 4) is 5.75 Å². The van der Waals surface area contributed by atoms with Crippen LogP contribution in [0.15, 0.2) is 60.7 Å². The van der Waals surface area contributed by atoms with Crippen molar-refractivity contribution < 1.29 is 14.6 Å². The van der Waals surface area contributed by atoms with Crippen LogP contribution in [0.5, 0.6) is 5.75 Å². The molecule has 3 atom stereocenters. The van der Waals surface area contributed by atoms with E-state index >= 15 is 0 Å². The van der Waals surface area contributed by atoms with Crippen molar-refractivity contribution in [2.75, 3.05) is 7.05 Å². The minimum atomic E-state index is -0.714. The fourth-order valence-corrected chi connectivity index (χ4v) is 3.68. The predicted molar refractivity (Wildman–Crippen MR) is 100 cm³/mol. The topological polar surface area (TPSA) is 65.6 Å². The molecule has 134 valence electrons. The van der Waals surface area contributed by atoms with E-state index in [0.29, 0.717) is 18.5 Å². The van der Waals surface area contributed by atoms with Gasteiger partial charge in [-0.25, -0.2) is 0 Å². The monoisotopic (exact) mass is 350 g/mol. The van der Waals surface area contributed by atoms with Crippen LogP contribution < -0.4 is 4.74 Å². The van der Waals surface area contributed by atoms with Gasteiger partial charge in [0.1, 0.15) is 23.7 Å². The van der Waals surface area contributed by atoms with Crippen molar-refractivity contribution in [3.05, 3.63) is 66.4 Å². The van der Waals surface area contributed by atoms with E-state index in [2.05, 4.69) is 4.98 Å². The molecule has 0 unspecified atom stereocenters. The summed E-state index contributed by atoms with van der Waals surface area (Å²) in [5.74, 6) is 0.618. The quantitative estimate of drug-likeness (QED) is 0.759. The number of fused-ring (bicyclic) bond motifs is 1. The van der Waals surface area contributed by atoms with Crippen LogP contribution in [-0.2, 0) is 0 Å². The molecule has 3 aromatic rings. The highest BCUT2D eigenvalue weighted by Crippen LogP contribution is 2.29. The number of aromatic nitrogens is 1. The second kappa shape index (κ2) is 6.84. The lowest BCUT2D eigenvalue weighted by Crippen LogP contribution is -2.45. The molecule has 1 amide bonds. The molecule has 5 heteroatoms. The van der Waals surface area contributed by atoms with Gasteiger partial charge in [-0.1, -0.05) is 36.4 Å². The summed E-state index contributed by atoms with van der Waals surface area (Å²) in [6.45, 7) is 0. The molecule has 1 aliphatic rings. The molecule has 0 bridgehead atoms. The number of para-hydroxylation sites is 2. The van der Waals surface area contributed by atoms with Gasteiger partial charge in [-0.05, 0) is 37.1 Å². The molecule has 4 rings (SSSR count). The fraction of sp³-hybridized carbons (Fsp3) is 0.286. The fourth-order valence-electron chi connectivity index (χ4n) is 3.68. The number of amides is 1. The number of carbonyl (C=O) groups is 1. The number of hydrogen-bond donors (Lipinski definition) is 2. The zero-order valence-electron chi connectivity index (χ0n) is 14.6. The summed E-state index contributed by atoms with van der Waals surface area (Å²) in [4.78, 5) is 17.6. The molecule has 1 aliphatic carbocycles. The summed E-state index contributed by atoms with van der Waals surface area (Å²) >= 11 is 0. The zero-order chi connectivity index (χ0) is 18.1. The summed E-state index contributed by atoms with van der Waals surface area (Å²) in [5, 5.41) is 11.7. The third-order valence-corrected chi connectivity index (χ3v) is 5.13. The van der Waals surface area contributed by atoms with Crippen LogP contribution in [0.25, 0.3) is 10.9 Å². The number of nitrogens with one attached hydrogen (secondary N) is 1. The molecule has 1 aromatic heterocycles. The van der Waals surface area contributed by atoms with Gasteiger partial charge in [0.15, 0.2) is 0 Å². The first-order chi connectivity index (χ1) is 12.6. The van der Waals surface area contributed by atoms with Crippen molar-refractivity contribution in [1.29, 1.82) is 0 Å². The highest BCUT2D eigenvalue weighted by Gasteiger charge is 2.40. The summed E-state index contributed by atoms with van der Waals surface area (Å²) < 4.78 is 5.91. The zero-order valence-corrected chi connectivity index (χ0v) is 14.6. The van der Waals surface area contributed by atoms with E-state index in [1.807, 2.05) is 60.7 Å². The van der Waals surface area contributed by atoms with E-state index in [1.165, 1.54) is 0 Å². The SMILES string of the molecule is CN(C(=O)c1cc2ccccc2[nH]1)[C@@H]1CC[C@H](Oc2ccccc2)[C@H]1O. The maximum Gasteiger partial charge on any atom is 0.270 e. The molecule has 1 heterocycles. The van der Waals surface area contributed by atoms with E-state index < -0.39 is 6.10 Å². The Hall–Kier alpha value is -2.79. The smallest absolute Gasteiger partial charge is 0.270 e. The second-order valence-corrected chi connectivity index (χ2v) is 6.79. The Morgan fingerprint density at radius 2 is 1.85 bits per heavy atom. The maximum absolute atomic E-state index is 12.9. The number of likely N-dealkylation sites (N-methyl/N-ethyl adjacent to an activating group) is 1. The number of aliphatic hydroxyl groups excluding tert-OH is 1. The average Bonchev–Trinajstić information content (AvgIpc) is 3.25. The molecular formula is C21H22N2O3. The number of aliphatic hydroxyl groups is 1. The summed E-state index contributed by atoms with van der Waals surface area (Å²) in [6.07, 6.45) is 0.403. The first-order valence-electron chi connectivity index (χ1n) is 8.88. The van der Waals surface area contributed by atoms with Crippen molar-refractivity contribution in [2.24, 2.45) is 0 Å². The van der Waals surface area contributed by atoms with E-state index in [9.17, 15) is 9.90 Å². The van der Waals surface area contributed by atoms with Crippen LogP contribution in [0.1, 0.15) is 23.3 Å². The van der Waals surface area contributed by atoms with Crippen LogP contribution >= 0.6 is 0 Å². The van der Waals surface area contributed by atoms with Crippen molar-refractivity contribution >= 4 is 16.8 Å². The Labute approximate surface area is 152 Å². The number of rotatable bonds is 4. The third-order valence-electron chi connectivity index (χ3n) is 5.13. The third kappa shape index (κ3) is 3.06. The number of benzene rings is 2. The lowest BCUT2D eigenvalue weighted by Gasteiger charge is -2.28. The van der Waals surface area contributed by atoms with Crippen molar-refractivity contribution in [2.45, 2.75) is 31.1 Å². The predicted octanol–water partition coefficient (Wildman–Crippen LogP) is 3.21. The molecule has 0 radical (unpaired) electrons. The van der Waals surface area contributed by atoms with Gasteiger partial charge < -0.3 is 19.7 Å². The largest absolute Gasteiger partial charge is 0.488 e. The molecular weight excluding hydrogens is 328 g/mol. The Morgan fingerprint density at radius 1 is 1.12 bits per heavy atom. The van der Waals surface area contributed by atoms with Gasteiger partial charge in [-0.2, -0.15) is 0 Å². The van der Waals surface area contributed by atoms with Gasteiger partial charge >= 0.3 is 0 Å². The van der Waals surface area contributed by atoms with Gasteiger partial charge in [0.05, 0.1) is 6.04 Å². The van der Waals surface area contributed by atoms with E-state index in [4.69, 9.17) is 4.74 Å². The van der Waals surface area contributed by atoms with E-state index in [1.54, 1.807) is 11.9 Å². The molecule has 0 spiro atoms. The number of H-pyrrole nitrogens is 1. The van der Waals surface area contributed by atoms with Gasteiger partial charge in [0.25, 0.3) is 5.91 Å². The number of ether oxygens (including phenoxy) is 1. The maximum atomic E-state index is 12.9. The van der Waals surface area contributed by atoms with Gasteiger partial charge in [-0.15, -0.1) is 0 Å². The highest BCUT2D eigenvalue weighted by atomic mass is 16.5. The molecule has 0 aliphatic heterocycles. The number of nitrogens with zero attached hydrogens (tertiary/aromatic N) is 1. The summed E-state index contributed by atoms with van der Waals surface area (Å²) in [7, 11) is 1.74. The lowest BCUT2D eigenvalue weighted by atomic mass is 10.1. The number of aromatic amines is 1. The van der Waals surface area contributed by atoms with E-state index in [-0.39, 0.29) is 18.1 Å². The van der Waals surface area contributed by atoms with Crippen molar-refractivity contribution in [3.63, 3.8) is 0 Å². The molecule has 5 nitrogen and oxygen atoms in total. The number of hydrogen-bond acceptors (Lipinski definition) is 3. The van der Waals surface area contributed by atoms with Gasteiger partial charge in [-0.3, -0.25) is 4.79 Å². The highest BCUT2D eigenvalue weighted by molar-refractivity contribution is 5.98. The molecule has 1 saturated carbocycles. The first-order valence-corrected chi connectivity index (χ1v) is 8.88. The Kier molecular flexibility index (Phi) is 4.39. The first kappa shape index (κ1) is 16.7. The molecule has 0 saturated heterocycles. The van der Waals surface area contributed by atoms with Crippen LogP contribution in [0, 0.1) is 0 Å². The average molecular weight is 350 g/mol. The second-order valence-electron chi connectivity index (χ2n) is 6.79. The Morgan fingerprint density at radius 3 is 2.62 bits per heavy atom. The lowest BCUT2D eigenvalue weighted by molar-refractivity contribution is 0.0165. The Balaban J connectivity index is 1.47. The van der Waals surface area contributed by atoms with Crippen LogP contribution in [0.2, 0.25) is 0 Å². The van der Waals surface area contributed by atoms with Gasteiger partial charge in [0, 0.05) is 18.0 Å². The standard InChI is InChI=1S/C21H22N2O3/c1-23(21(25)17-13-14-7-5-6-10-16(14)22-17)18-11-12-19(20(18)24)26-15-8-3-2-4-9-15/h2-10,13,18-20,22,24H,11-12H2,1H3/t18-,19+,20+/m1/s1. The molecule has 26 heavy (non-hydrogen) atoms. The molecule has 2 N–H and O–H groups in total. The van der Waals surface area contributed by atoms with Crippen LogP contribution in [0.4, 0.5) is 0 Å². The molecule has 1 fully saturated rings. The normalized spacial score (nSPS) is 22.5. The molecule has 2 aromatic carbocycles. The van der Waals surface area contributed by atoms with Crippen LogP contribution in [-0.4, -0.2) is 46.2 Å². The van der Waals surface area contributed by atoms with E-state index in [0.717, 1.165) is 16.7 Å². The van der Waals surface area contributed by atoms with Crippen molar-refractivity contribution in [1.82, 2.24) is 9.88 Å². The number of carbonyl (C=O) groups excluding carboxylic acids is 1. The summed E-state index contributed by atoms with van der Waals surface area (Å²) in [6, 6.07) is 18.9. The summed E-state index contributed by atoms with van der Waals surface area (Å²) in [5.41, 5.74) is 1.47. The minimum Gasteiger partial charge on any atom is -0.488 e. The van der Waals surface area contributed by atoms with Gasteiger partial charge in [0.2, 0.25) is 0 Å². The van der Waals surface area contributed by atoms with Crippen LogP contribution in [0.3, 0.4) is 0 Å². The minimum absolute atomic E-state index is 0.120. The Bertz CT molecular complexity index is 873.